The number of hydrogen-bond acceptors (Lipinski definition) is 2. The Balaban J connectivity index is 2.68. The first kappa shape index (κ1) is 11.1. The number of halogens is 1. The molecule has 0 unspecified atom stereocenters. The zero-order valence-corrected chi connectivity index (χ0v) is 8.30. The summed E-state index contributed by atoms with van der Waals surface area (Å²) in [5, 5.41) is 0. The van der Waals surface area contributed by atoms with Gasteiger partial charge in [0.05, 0.1) is 0 Å². The van der Waals surface area contributed by atoms with Crippen molar-refractivity contribution in [1.82, 2.24) is 0 Å². The summed E-state index contributed by atoms with van der Waals surface area (Å²) in [5.41, 5.74) is 12.5. The Kier molecular flexibility index (Phi) is 4.56. The lowest BCUT2D eigenvalue weighted by Gasteiger charge is -2.04. The average molecular weight is 196 g/mol. The Morgan fingerprint density at radius 2 is 1.86 bits per heavy atom. The van der Waals surface area contributed by atoms with Gasteiger partial charge in [0.15, 0.2) is 0 Å². The number of rotatable bonds is 5. The Morgan fingerprint density at radius 1 is 1.07 bits per heavy atom. The fourth-order valence-corrected chi connectivity index (χ4v) is 1.41. The number of benzene rings is 1. The molecule has 78 valence electrons. The van der Waals surface area contributed by atoms with Gasteiger partial charge in [-0.05, 0) is 49.5 Å². The smallest absolute Gasteiger partial charge is 0.126 e. The Hall–Kier alpha value is -0.930. The first-order chi connectivity index (χ1) is 6.77. The van der Waals surface area contributed by atoms with Gasteiger partial charge in [-0.2, -0.15) is 0 Å². The number of hydrogen-bond donors (Lipinski definition) is 2. The molecule has 0 amide bonds. The van der Waals surface area contributed by atoms with E-state index >= 15 is 0 Å². The Labute approximate surface area is 84.1 Å². The van der Waals surface area contributed by atoms with Crippen LogP contribution < -0.4 is 11.5 Å². The van der Waals surface area contributed by atoms with Crippen LogP contribution in [0.25, 0.3) is 0 Å². The van der Waals surface area contributed by atoms with Crippen LogP contribution in [-0.4, -0.2) is 13.1 Å². The van der Waals surface area contributed by atoms with Crippen molar-refractivity contribution in [3.8, 4) is 0 Å². The molecule has 1 aromatic rings. The molecule has 1 aromatic carbocycles. The van der Waals surface area contributed by atoms with E-state index in [2.05, 4.69) is 0 Å². The van der Waals surface area contributed by atoms with Crippen molar-refractivity contribution in [2.45, 2.75) is 19.3 Å². The van der Waals surface area contributed by atoms with Crippen molar-refractivity contribution < 1.29 is 4.39 Å². The van der Waals surface area contributed by atoms with Crippen molar-refractivity contribution in [2.24, 2.45) is 11.5 Å². The second kappa shape index (κ2) is 5.73. The van der Waals surface area contributed by atoms with E-state index in [4.69, 9.17) is 11.5 Å². The zero-order chi connectivity index (χ0) is 10.4. The molecule has 0 saturated carbocycles. The predicted molar refractivity (Wildman–Crippen MR) is 56.5 cm³/mol. The van der Waals surface area contributed by atoms with E-state index in [-0.39, 0.29) is 5.82 Å². The molecule has 0 aromatic heterocycles. The van der Waals surface area contributed by atoms with Crippen LogP contribution in [0.15, 0.2) is 18.2 Å². The van der Waals surface area contributed by atoms with E-state index in [0.29, 0.717) is 19.5 Å². The third kappa shape index (κ3) is 3.09. The van der Waals surface area contributed by atoms with Gasteiger partial charge in [0.2, 0.25) is 0 Å². The Bertz CT molecular complexity index is 287. The van der Waals surface area contributed by atoms with Crippen LogP contribution in [-0.2, 0) is 12.8 Å². The quantitative estimate of drug-likeness (QED) is 0.744. The van der Waals surface area contributed by atoms with Gasteiger partial charge in [-0.1, -0.05) is 12.1 Å². The van der Waals surface area contributed by atoms with Gasteiger partial charge < -0.3 is 11.5 Å². The molecule has 0 aliphatic carbocycles. The number of nitrogens with two attached hydrogens (primary N) is 2. The van der Waals surface area contributed by atoms with Gasteiger partial charge >= 0.3 is 0 Å². The molecular formula is C11H17FN2. The van der Waals surface area contributed by atoms with Crippen molar-refractivity contribution in [2.75, 3.05) is 13.1 Å². The van der Waals surface area contributed by atoms with E-state index in [1.807, 2.05) is 12.1 Å². The summed E-state index contributed by atoms with van der Waals surface area (Å²) in [6, 6.07) is 5.33. The molecule has 4 N–H and O–H groups in total. The monoisotopic (exact) mass is 196 g/mol. The van der Waals surface area contributed by atoms with E-state index in [1.165, 1.54) is 0 Å². The van der Waals surface area contributed by atoms with Crippen LogP contribution in [0.3, 0.4) is 0 Å². The largest absolute Gasteiger partial charge is 0.330 e. The van der Waals surface area contributed by atoms with Gasteiger partial charge in [-0.25, -0.2) is 4.39 Å². The molecule has 0 atom stereocenters. The predicted octanol–water partition coefficient (Wildman–Crippen LogP) is 1.22. The molecule has 14 heavy (non-hydrogen) atoms. The highest BCUT2D eigenvalue weighted by Gasteiger charge is 2.02. The second-order valence-corrected chi connectivity index (χ2v) is 3.36. The molecule has 2 nitrogen and oxygen atoms in total. The highest BCUT2D eigenvalue weighted by molar-refractivity contribution is 5.24. The lowest BCUT2D eigenvalue weighted by Crippen LogP contribution is -2.04. The van der Waals surface area contributed by atoms with E-state index in [0.717, 1.165) is 24.0 Å². The average Bonchev–Trinajstić information content (AvgIpc) is 2.17. The van der Waals surface area contributed by atoms with Crippen LogP contribution >= 0.6 is 0 Å². The second-order valence-electron chi connectivity index (χ2n) is 3.36. The topological polar surface area (TPSA) is 52.0 Å². The summed E-state index contributed by atoms with van der Waals surface area (Å²) in [6.07, 6.45) is 2.27. The Morgan fingerprint density at radius 3 is 2.43 bits per heavy atom. The number of aryl methyl sites for hydroxylation is 1. The minimum Gasteiger partial charge on any atom is -0.330 e. The van der Waals surface area contributed by atoms with Crippen LogP contribution in [0.1, 0.15) is 17.5 Å². The summed E-state index contributed by atoms with van der Waals surface area (Å²) in [7, 11) is 0. The van der Waals surface area contributed by atoms with Crippen molar-refractivity contribution in [1.29, 1.82) is 0 Å². The van der Waals surface area contributed by atoms with Crippen LogP contribution in [0.2, 0.25) is 0 Å². The molecule has 0 heterocycles. The van der Waals surface area contributed by atoms with Crippen molar-refractivity contribution in [3.63, 3.8) is 0 Å². The van der Waals surface area contributed by atoms with Crippen LogP contribution in [0.4, 0.5) is 4.39 Å². The van der Waals surface area contributed by atoms with Gasteiger partial charge in [0.1, 0.15) is 5.82 Å². The molecule has 1 rings (SSSR count). The lowest BCUT2D eigenvalue weighted by atomic mass is 10.0. The van der Waals surface area contributed by atoms with Crippen molar-refractivity contribution in [3.05, 3.63) is 35.1 Å². The summed E-state index contributed by atoms with van der Waals surface area (Å²) < 4.78 is 13.4. The minimum atomic E-state index is -0.135. The standard InChI is InChI=1S/C11H17FN2/c12-11-8-9(5-7-14)3-4-10(11)2-1-6-13/h3-4,8H,1-2,5-7,13-14H2. The van der Waals surface area contributed by atoms with Gasteiger partial charge in [0.25, 0.3) is 0 Å². The molecule has 0 bridgehead atoms. The molecule has 0 aliphatic heterocycles. The third-order valence-electron chi connectivity index (χ3n) is 2.20. The summed E-state index contributed by atoms with van der Waals surface area (Å²) in [4.78, 5) is 0. The summed E-state index contributed by atoms with van der Waals surface area (Å²) in [6.45, 7) is 1.16. The van der Waals surface area contributed by atoms with E-state index in [9.17, 15) is 4.39 Å². The van der Waals surface area contributed by atoms with Crippen LogP contribution in [0, 0.1) is 5.82 Å². The van der Waals surface area contributed by atoms with Crippen LogP contribution in [0.5, 0.6) is 0 Å². The van der Waals surface area contributed by atoms with Gasteiger partial charge in [-0.3, -0.25) is 0 Å². The highest BCUT2D eigenvalue weighted by atomic mass is 19.1. The fourth-order valence-electron chi connectivity index (χ4n) is 1.41. The summed E-state index contributed by atoms with van der Waals surface area (Å²) >= 11 is 0. The SMILES string of the molecule is NCCCc1ccc(CCN)cc1F. The maximum Gasteiger partial charge on any atom is 0.126 e. The maximum atomic E-state index is 13.4. The zero-order valence-electron chi connectivity index (χ0n) is 8.30. The molecule has 0 radical (unpaired) electrons. The van der Waals surface area contributed by atoms with E-state index in [1.54, 1.807) is 6.07 Å². The highest BCUT2D eigenvalue weighted by Crippen LogP contribution is 2.12. The molecule has 3 heteroatoms. The first-order valence-electron chi connectivity index (χ1n) is 4.95. The van der Waals surface area contributed by atoms with Crippen molar-refractivity contribution >= 4 is 0 Å². The molecule has 0 saturated heterocycles. The van der Waals surface area contributed by atoms with E-state index < -0.39 is 0 Å². The molecule has 0 fully saturated rings. The van der Waals surface area contributed by atoms with Gasteiger partial charge in [0, 0.05) is 0 Å². The first-order valence-corrected chi connectivity index (χ1v) is 4.95. The van der Waals surface area contributed by atoms with Gasteiger partial charge in [-0.15, -0.1) is 0 Å². The maximum absolute atomic E-state index is 13.4. The normalized spacial score (nSPS) is 10.5. The molecule has 0 aliphatic rings. The fraction of sp³-hybridized carbons (Fsp3) is 0.455. The molecular weight excluding hydrogens is 179 g/mol. The molecule has 0 spiro atoms. The lowest BCUT2D eigenvalue weighted by molar-refractivity contribution is 0.603. The third-order valence-corrected chi connectivity index (χ3v) is 2.20. The summed E-state index contributed by atoms with van der Waals surface area (Å²) in [5.74, 6) is -0.135. The minimum absolute atomic E-state index is 0.135.